The van der Waals surface area contributed by atoms with E-state index < -0.39 is 40.2 Å². The number of pyridine rings is 1. The number of aliphatic hydroxyl groups excluding tert-OH is 1. The van der Waals surface area contributed by atoms with Gasteiger partial charge < -0.3 is 99.1 Å². The number of aryl methyl sites for hydroxylation is 1. The molecule has 780 valence electrons. The number of nitrogens with one attached hydrogen (secondary N) is 4. The first-order valence-corrected chi connectivity index (χ1v) is 49.8. The van der Waals surface area contributed by atoms with Gasteiger partial charge in [-0.1, -0.05) is 161 Å². The molecule has 12 aromatic rings. The van der Waals surface area contributed by atoms with E-state index in [9.17, 15) is 51.5 Å². The van der Waals surface area contributed by atoms with Crippen molar-refractivity contribution in [1.29, 1.82) is 0 Å². The highest BCUT2D eigenvalue weighted by atomic mass is 35.5. The first-order chi connectivity index (χ1) is 71.5. The minimum absolute atomic E-state index is 0. The molecule has 12 aliphatic heterocycles. The highest BCUT2D eigenvalue weighted by Crippen LogP contribution is 2.43. The Bertz CT molecular complexity index is 6960. The zero-order chi connectivity index (χ0) is 103. The monoisotopic (exact) mass is 2130 g/mol. The van der Waals surface area contributed by atoms with Crippen molar-refractivity contribution >= 4 is 111 Å². The van der Waals surface area contributed by atoms with Crippen LogP contribution in [0.5, 0.6) is 51.7 Å². The predicted molar refractivity (Wildman–Crippen MR) is 555 cm³/mol. The third kappa shape index (κ3) is 27.5. The van der Waals surface area contributed by atoms with Gasteiger partial charge in [-0.05, 0) is 110 Å². The van der Waals surface area contributed by atoms with Crippen molar-refractivity contribution in [3.63, 3.8) is 0 Å². The molecule has 3 fully saturated rings. The van der Waals surface area contributed by atoms with E-state index >= 15 is 0 Å². The number of nitrogens with two attached hydrogens (primary N) is 1. The molecule has 10 aromatic carbocycles. The Morgan fingerprint density at radius 2 is 0.987 bits per heavy atom. The number of morpholine rings is 3. The zero-order valence-electron chi connectivity index (χ0n) is 80.6. The minimum atomic E-state index is -3.91. The summed E-state index contributed by atoms with van der Waals surface area (Å²) in [6.07, 6.45) is 3.45. The number of oxime groups is 2. The van der Waals surface area contributed by atoms with Gasteiger partial charge in [0.15, 0.2) is 23.2 Å². The number of aromatic nitrogens is 3. The van der Waals surface area contributed by atoms with Gasteiger partial charge in [0.05, 0.1) is 97.2 Å². The van der Waals surface area contributed by atoms with Crippen LogP contribution >= 0.6 is 48.0 Å². The van der Waals surface area contributed by atoms with Crippen LogP contribution in [0.1, 0.15) is 114 Å². The van der Waals surface area contributed by atoms with Crippen molar-refractivity contribution in [2.75, 3.05) is 109 Å². The van der Waals surface area contributed by atoms with Crippen LogP contribution < -0.4 is 80.1 Å². The van der Waals surface area contributed by atoms with Gasteiger partial charge in [-0.15, -0.1) is 48.0 Å². The molecular formula is C108H108Cl4FN11O24S. The van der Waals surface area contributed by atoms with Crippen LogP contribution in [0.15, 0.2) is 287 Å². The molecule has 8 N–H and O–H groups in total. The third-order valence-electron chi connectivity index (χ3n) is 24.8. The van der Waals surface area contributed by atoms with E-state index in [-0.39, 0.29) is 150 Å². The lowest BCUT2D eigenvalue weighted by Crippen LogP contribution is -2.53. The Balaban J connectivity index is 0.000000134. The lowest BCUT2D eigenvalue weighted by atomic mass is 9.96. The number of carbonyl (C=O) groups excluding carboxylic acids is 6. The van der Waals surface area contributed by atoms with Crippen molar-refractivity contribution < 1.29 is 113 Å². The molecule has 0 aliphatic carbocycles. The average molecular weight is 2140 g/mol. The number of fused-ring (bicyclic) bond motifs is 15. The second-order valence-corrected chi connectivity index (χ2v) is 36.6. The molecule has 14 heterocycles. The number of para-hydroxylation sites is 9. The quantitative estimate of drug-likeness (QED) is 0.0401. The van der Waals surface area contributed by atoms with E-state index in [1.54, 1.807) is 79.8 Å². The second kappa shape index (κ2) is 52.8. The number of anilines is 1. The molecule has 0 saturated carbocycles. The number of amides is 3. The molecule has 0 bridgehead atoms. The molecule has 2 unspecified atom stereocenters. The number of hydrogen-bond acceptors (Lipinski definition) is 31. The Labute approximate surface area is 879 Å². The number of nitrogens with zero attached hydrogens (tertiary/aromatic N) is 6. The SMILES string of the molecule is Cc1ccc(S(=O)(=O)O/N=C2\CCOc3ccccc32)cc1.Cl.Cl.Cn1c(N2CCO[C@H]3c4ccccc4OC[C@@H]32)nc(-c2ccncc2F)cc1=O.NC1COc2ccccc2C1=O.O/N=C1\CCOc2ccccc21.O=C(CCl)NC1COc2ccccc2C1=O.O=C(CCl)N[C@H]1COc2ccccc2[C@@H]1O.O=C1CCOc2ccccc21.O=C1CO[C@H]2c3ccccc3OC[C@@H]2N1.c1ccc2c(c1)OC[C@@H]1NCCO[C@@H]21. The summed E-state index contributed by atoms with van der Waals surface area (Å²) in [5.41, 5.74) is 15.4. The molecule has 41 heteroatoms. The van der Waals surface area contributed by atoms with Crippen LogP contribution in [-0.2, 0) is 50.0 Å². The third-order valence-corrected chi connectivity index (χ3v) is 26.4. The summed E-state index contributed by atoms with van der Waals surface area (Å²) in [4.78, 5) is 91.1. The molecule has 35 nitrogen and oxygen atoms in total. The maximum Gasteiger partial charge on any atom is 0.358 e. The Kier molecular flexibility index (Phi) is 39.0. The number of aliphatic hydroxyl groups is 1. The number of benzene rings is 10. The van der Waals surface area contributed by atoms with Crippen molar-refractivity contribution in [2.24, 2.45) is 23.1 Å². The van der Waals surface area contributed by atoms with Crippen LogP contribution in [0, 0.1) is 12.7 Å². The molecule has 3 saturated heterocycles. The van der Waals surface area contributed by atoms with E-state index in [1.807, 2.05) is 163 Å². The summed E-state index contributed by atoms with van der Waals surface area (Å²) in [5.74, 6) is 5.64. The molecule has 24 rings (SSSR count). The van der Waals surface area contributed by atoms with Gasteiger partial charge in [0, 0.05) is 90.6 Å². The number of carbonyl (C=O) groups is 6. The summed E-state index contributed by atoms with van der Waals surface area (Å²) >= 11 is 10.7. The van der Waals surface area contributed by atoms with Crippen LogP contribution in [0.3, 0.4) is 0 Å². The van der Waals surface area contributed by atoms with E-state index in [2.05, 4.69) is 47.6 Å². The summed E-state index contributed by atoms with van der Waals surface area (Å²) in [5, 5.41) is 37.2. The fourth-order valence-electron chi connectivity index (χ4n) is 17.4. The molecule has 2 aromatic heterocycles. The van der Waals surface area contributed by atoms with Crippen molar-refractivity contribution in [2.45, 2.75) is 91.7 Å². The Morgan fingerprint density at radius 1 is 0.517 bits per heavy atom. The maximum absolute atomic E-state index is 14.3. The van der Waals surface area contributed by atoms with Gasteiger partial charge in [-0.25, -0.2) is 9.37 Å². The topological polar surface area (TPSA) is 447 Å². The van der Waals surface area contributed by atoms with Crippen LogP contribution in [-0.4, -0.2) is 220 Å². The lowest BCUT2D eigenvalue weighted by molar-refractivity contribution is -0.139. The van der Waals surface area contributed by atoms with Crippen molar-refractivity contribution in [3.05, 3.63) is 339 Å². The summed E-state index contributed by atoms with van der Waals surface area (Å²) < 4.78 is 112. The van der Waals surface area contributed by atoms with E-state index in [1.165, 1.54) is 40.6 Å². The molecule has 3 amide bonds. The maximum atomic E-state index is 14.3. The van der Waals surface area contributed by atoms with Crippen molar-refractivity contribution in [3.8, 4) is 63.0 Å². The Hall–Kier alpha value is -14.6. The normalized spacial score (nSPS) is 20.9. The van der Waals surface area contributed by atoms with Gasteiger partial charge in [0.1, 0.15) is 151 Å². The highest BCUT2D eigenvalue weighted by Gasteiger charge is 2.42. The lowest BCUT2D eigenvalue weighted by Gasteiger charge is -2.44. The van der Waals surface area contributed by atoms with Crippen molar-refractivity contribution in [1.82, 2.24) is 35.8 Å². The summed E-state index contributed by atoms with van der Waals surface area (Å²) in [6.45, 7) is 8.62. The average Bonchev–Trinajstić information content (AvgIpc) is 0.738. The van der Waals surface area contributed by atoms with Gasteiger partial charge in [-0.3, -0.25) is 47.4 Å². The molecule has 0 spiro atoms. The standard InChI is InChI=1S/C21H19FN4O3.C16H15NO4S.C11H12ClNO3.C11H10ClNO3.C11H11NO3.C11H13NO2.2C9H9NO2.C9H8O2.2ClH/c1-25-19(27)10-16(13-6-7-23-11-15(13)22)24-21(25)26-8-9-28-20-14-4-2-3-5-18(14)29-12-17(20)26;1-12-6-8-13(9-7-12)22(18,19)21-17-15-10-11-20-16-5-3-2-4-14(15)16;2*12-5-10(14)13-8-6-16-9-4-2-1-3-7(9)11(8)15;13-10-6-15-11-7-3-1-2-4-9(7)14-5-8(11)12-10;1-2-4-10-8(3-1)11-9(7-14-10)12-5-6-13-11;11-10-8-5-6-12-9-4-2-1-3-7(8)9;10-7-5-12-8-4-2-1-3-6(8)9(7)11;10-8-5-6-11-9-4-2-1-3-7(8)9;;/h2-7,10-11,17,20H,8-9,12H2,1H3;2-9H,10-11H2,1H3;1-4,8,11,15H,5-6H2,(H,13,14);1-4,8H,5-6H2,(H,13,14);1-4,8,11H,5-6H2,(H,12,13);1-4,9,11-12H,5-7H2;1-4,11H,5-6H2;1-4,7H,5,10H2;1-4H,5-6H2;2*1H/b;17-15+;;;;;10-8+;;;;/t17-,20-;;8-,11-;;8-,11-;9-,11-;;;;;/m0.0.00...../s1. The van der Waals surface area contributed by atoms with Gasteiger partial charge >= 0.3 is 10.1 Å². The second-order valence-electron chi connectivity index (χ2n) is 34.5. The number of halogens is 5. The highest BCUT2D eigenvalue weighted by molar-refractivity contribution is 7.86. The number of ether oxygens (including phenoxy) is 12. The van der Waals surface area contributed by atoms with Crippen LogP contribution in [0.4, 0.5) is 10.3 Å². The van der Waals surface area contributed by atoms with Crippen LogP contribution in [0.25, 0.3) is 11.3 Å². The van der Waals surface area contributed by atoms with Gasteiger partial charge in [0.25, 0.3) is 5.56 Å². The number of hydrogen-bond donors (Lipinski definition) is 7. The number of Topliss-reactive ketones (excluding diaryl/α,β-unsaturated/α-hetero) is 3. The van der Waals surface area contributed by atoms with E-state index in [0.29, 0.717) is 135 Å². The minimum Gasteiger partial charge on any atom is -0.492 e. The fourth-order valence-corrected chi connectivity index (χ4v) is 18.3. The van der Waals surface area contributed by atoms with Gasteiger partial charge in [0.2, 0.25) is 23.7 Å². The molecule has 149 heavy (non-hydrogen) atoms. The first-order valence-electron chi connectivity index (χ1n) is 47.3. The molecule has 12 aliphatic rings. The number of ketones is 3. The Morgan fingerprint density at radius 3 is 1.58 bits per heavy atom. The van der Waals surface area contributed by atoms with Gasteiger partial charge in [-0.2, -0.15) is 8.42 Å². The number of rotatable bonds is 9. The van der Waals surface area contributed by atoms with Crippen LogP contribution in [0.2, 0.25) is 0 Å². The van der Waals surface area contributed by atoms with E-state index in [4.69, 9.17) is 95.3 Å². The summed E-state index contributed by atoms with van der Waals surface area (Å²) in [6, 6.07) is 75.1. The largest absolute Gasteiger partial charge is 0.492 e. The molecule has 0 radical (unpaired) electrons. The molecular weight excluding hydrogens is 2030 g/mol. The predicted octanol–water partition coefficient (Wildman–Crippen LogP) is 13.5. The smallest absolute Gasteiger partial charge is 0.358 e. The fraction of sp³-hybridized carbons (Fsp3) is 0.287. The first kappa shape index (κ1) is 110. The van der Waals surface area contributed by atoms with E-state index in [0.717, 1.165) is 81.5 Å². The summed E-state index contributed by atoms with van der Waals surface area (Å²) in [7, 11) is -2.24. The molecule has 10 atom stereocenters. The number of alkyl halides is 2. The zero-order valence-corrected chi connectivity index (χ0v) is 84.6.